The zero-order valence-electron chi connectivity index (χ0n) is 12.6. The molecule has 6 heteroatoms. The lowest BCUT2D eigenvalue weighted by molar-refractivity contribution is -0.0000144. The maximum absolute atomic E-state index is 12.2. The molecule has 0 aromatic heterocycles. The molecule has 2 N–H and O–H groups in total. The number of aliphatic hydroxyl groups excluding tert-OH is 2. The van der Waals surface area contributed by atoms with E-state index in [1.807, 2.05) is 31.3 Å². The number of halogens is 1. The number of aliphatic hydroxyl groups is 2. The van der Waals surface area contributed by atoms with Crippen molar-refractivity contribution >= 4 is 22.4 Å². The van der Waals surface area contributed by atoms with Crippen LogP contribution in [0.4, 0.5) is 5.69 Å². The standard InChI is InChI=1S/C15H24NO3S.BrH/c1-3-16(2)14-6-4-13(5-7-14)15(19)12-20(10-8-17)11-9-18;/h4-7,17-18H,3,8-12H2,1-2H3;1H/q+1;/p-1. The molecule has 0 spiro atoms. The quantitative estimate of drug-likeness (QED) is 0.383. The molecule has 0 saturated carbocycles. The van der Waals surface area contributed by atoms with Crippen LogP contribution in [0.5, 0.6) is 0 Å². The minimum atomic E-state index is -0.231. The van der Waals surface area contributed by atoms with E-state index in [4.69, 9.17) is 10.2 Å². The summed E-state index contributed by atoms with van der Waals surface area (Å²) >= 11 is 0. The van der Waals surface area contributed by atoms with Crippen molar-refractivity contribution in [2.75, 3.05) is 49.0 Å². The smallest absolute Gasteiger partial charge is 0.211 e. The highest BCUT2D eigenvalue weighted by Crippen LogP contribution is 2.14. The molecule has 0 amide bonds. The van der Waals surface area contributed by atoms with E-state index in [2.05, 4.69) is 11.8 Å². The second-order valence-corrected chi connectivity index (χ2v) is 6.93. The van der Waals surface area contributed by atoms with Gasteiger partial charge >= 0.3 is 0 Å². The van der Waals surface area contributed by atoms with Crippen molar-refractivity contribution in [1.82, 2.24) is 0 Å². The summed E-state index contributed by atoms with van der Waals surface area (Å²) in [7, 11) is 1.78. The summed E-state index contributed by atoms with van der Waals surface area (Å²) in [6.45, 7) is 3.13. The first-order valence-corrected chi connectivity index (χ1v) is 8.55. The van der Waals surface area contributed by atoms with Crippen molar-refractivity contribution < 1.29 is 32.0 Å². The van der Waals surface area contributed by atoms with Crippen LogP contribution in [-0.4, -0.2) is 60.1 Å². The highest BCUT2D eigenvalue weighted by atomic mass is 79.9. The highest BCUT2D eigenvalue weighted by molar-refractivity contribution is 7.97. The van der Waals surface area contributed by atoms with E-state index in [0.29, 0.717) is 22.8 Å². The van der Waals surface area contributed by atoms with E-state index >= 15 is 0 Å². The molecule has 0 radical (unpaired) electrons. The Kier molecular flexibility index (Phi) is 10.8. The molecule has 0 atom stereocenters. The van der Waals surface area contributed by atoms with Crippen LogP contribution in [-0.2, 0) is 10.9 Å². The van der Waals surface area contributed by atoms with Gasteiger partial charge in [-0.2, -0.15) is 0 Å². The van der Waals surface area contributed by atoms with E-state index in [1.165, 1.54) is 0 Å². The number of hydrogen-bond acceptors (Lipinski definition) is 4. The highest BCUT2D eigenvalue weighted by Gasteiger charge is 2.22. The molecule has 0 heterocycles. The van der Waals surface area contributed by atoms with Gasteiger partial charge in [0.15, 0.2) is 5.75 Å². The summed E-state index contributed by atoms with van der Waals surface area (Å²) in [5, 5.41) is 18.0. The zero-order valence-corrected chi connectivity index (χ0v) is 15.0. The lowest BCUT2D eigenvalue weighted by atomic mass is 10.1. The predicted molar refractivity (Wildman–Crippen MR) is 85.9 cm³/mol. The summed E-state index contributed by atoms with van der Waals surface area (Å²) in [6.07, 6.45) is 0. The van der Waals surface area contributed by atoms with Gasteiger partial charge in [-0.3, -0.25) is 4.79 Å². The molecule has 21 heavy (non-hydrogen) atoms. The average molecular weight is 378 g/mol. The molecular formula is C15H24BrNO3S. The SMILES string of the molecule is CCN(C)c1ccc(C(=O)C[S+](CCO)CCO)cc1.[Br-]. The second-order valence-electron chi connectivity index (χ2n) is 4.60. The fraction of sp³-hybridized carbons (Fsp3) is 0.533. The Morgan fingerprint density at radius 3 is 2.10 bits per heavy atom. The largest absolute Gasteiger partial charge is 1.00 e. The number of carbonyl (C=O) groups is 1. The van der Waals surface area contributed by atoms with E-state index in [1.54, 1.807) is 0 Å². The topological polar surface area (TPSA) is 60.8 Å². The summed E-state index contributed by atoms with van der Waals surface area (Å²) in [5.41, 5.74) is 1.79. The normalized spacial score (nSPS) is 10.3. The molecule has 0 aliphatic carbocycles. The van der Waals surface area contributed by atoms with Gasteiger partial charge in [0.2, 0.25) is 5.78 Å². The number of rotatable bonds is 9. The Morgan fingerprint density at radius 1 is 1.14 bits per heavy atom. The molecule has 1 rings (SSSR count). The lowest BCUT2D eigenvalue weighted by Gasteiger charge is -2.16. The number of Topliss-reactive ketones (excluding diaryl/α,β-unsaturated/α-hetero) is 1. The Balaban J connectivity index is 0.00000400. The number of nitrogens with zero attached hydrogens (tertiary/aromatic N) is 1. The van der Waals surface area contributed by atoms with Crippen LogP contribution in [0.1, 0.15) is 17.3 Å². The molecule has 0 bridgehead atoms. The first-order valence-electron chi connectivity index (χ1n) is 6.82. The fourth-order valence-electron chi connectivity index (χ4n) is 1.86. The van der Waals surface area contributed by atoms with Gasteiger partial charge in [0.1, 0.15) is 11.5 Å². The second kappa shape index (κ2) is 11.1. The molecule has 0 aliphatic heterocycles. The summed E-state index contributed by atoms with van der Waals surface area (Å²) in [5.74, 6) is 1.66. The van der Waals surface area contributed by atoms with Crippen LogP contribution >= 0.6 is 0 Å². The monoisotopic (exact) mass is 377 g/mol. The van der Waals surface area contributed by atoms with Gasteiger partial charge in [-0.15, -0.1) is 0 Å². The fourth-order valence-corrected chi connectivity index (χ4v) is 3.40. The minimum Gasteiger partial charge on any atom is -1.00 e. The minimum absolute atomic E-state index is 0. The van der Waals surface area contributed by atoms with Crippen LogP contribution in [0.25, 0.3) is 0 Å². The predicted octanol–water partition coefficient (Wildman–Crippen LogP) is -2.07. The number of benzene rings is 1. The van der Waals surface area contributed by atoms with Gasteiger partial charge < -0.3 is 32.1 Å². The Morgan fingerprint density at radius 2 is 1.67 bits per heavy atom. The Bertz CT molecular complexity index is 408. The third-order valence-electron chi connectivity index (χ3n) is 3.20. The van der Waals surface area contributed by atoms with Crippen LogP contribution in [0.2, 0.25) is 0 Å². The van der Waals surface area contributed by atoms with Gasteiger partial charge in [0, 0.05) is 35.7 Å². The number of anilines is 1. The van der Waals surface area contributed by atoms with Crippen LogP contribution in [0, 0.1) is 0 Å². The van der Waals surface area contributed by atoms with Crippen molar-refractivity contribution in [2.24, 2.45) is 0 Å². The van der Waals surface area contributed by atoms with Crippen LogP contribution < -0.4 is 21.9 Å². The molecule has 0 aliphatic rings. The zero-order chi connectivity index (χ0) is 15.0. The van der Waals surface area contributed by atoms with Gasteiger partial charge in [-0.05, 0) is 31.2 Å². The first kappa shape index (κ1) is 20.4. The average Bonchev–Trinajstić information content (AvgIpc) is 2.47. The maximum atomic E-state index is 12.2. The molecule has 1 aromatic carbocycles. The molecule has 0 unspecified atom stereocenters. The van der Waals surface area contributed by atoms with Gasteiger partial charge in [0.05, 0.1) is 13.2 Å². The molecule has 1 aromatic rings. The third kappa shape index (κ3) is 6.82. The van der Waals surface area contributed by atoms with Crippen LogP contribution in [0.3, 0.4) is 0 Å². The summed E-state index contributed by atoms with van der Waals surface area (Å²) in [4.78, 5) is 14.3. The van der Waals surface area contributed by atoms with E-state index in [0.717, 1.165) is 12.2 Å². The summed E-state index contributed by atoms with van der Waals surface area (Å²) < 4.78 is 0. The van der Waals surface area contributed by atoms with E-state index in [9.17, 15) is 4.79 Å². The Labute approximate surface area is 140 Å². The van der Waals surface area contributed by atoms with Crippen molar-refractivity contribution in [3.63, 3.8) is 0 Å². The first-order chi connectivity index (χ1) is 9.62. The number of hydrogen-bond donors (Lipinski definition) is 2. The van der Waals surface area contributed by atoms with Crippen molar-refractivity contribution in [3.05, 3.63) is 29.8 Å². The number of carbonyl (C=O) groups excluding carboxylic acids is 1. The van der Waals surface area contributed by atoms with Crippen molar-refractivity contribution in [3.8, 4) is 0 Å². The molecule has 4 nitrogen and oxygen atoms in total. The van der Waals surface area contributed by atoms with E-state index < -0.39 is 0 Å². The molecule has 0 fully saturated rings. The third-order valence-corrected chi connectivity index (χ3v) is 5.39. The van der Waals surface area contributed by atoms with Gasteiger partial charge in [-0.1, -0.05) is 0 Å². The molecule has 0 saturated heterocycles. The maximum Gasteiger partial charge on any atom is 0.211 e. The summed E-state index contributed by atoms with van der Waals surface area (Å²) in [6, 6.07) is 7.60. The van der Waals surface area contributed by atoms with E-state index in [-0.39, 0.29) is 46.9 Å². The number of ketones is 1. The Hall–Kier alpha value is -0.560. The van der Waals surface area contributed by atoms with Crippen LogP contribution in [0.15, 0.2) is 24.3 Å². The van der Waals surface area contributed by atoms with Crippen molar-refractivity contribution in [1.29, 1.82) is 0 Å². The van der Waals surface area contributed by atoms with Gasteiger partial charge in [0.25, 0.3) is 0 Å². The molecule has 120 valence electrons. The van der Waals surface area contributed by atoms with Gasteiger partial charge in [-0.25, -0.2) is 0 Å². The molecular weight excluding hydrogens is 354 g/mol. The van der Waals surface area contributed by atoms with Crippen molar-refractivity contribution in [2.45, 2.75) is 6.92 Å². The lowest BCUT2D eigenvalue weighted by Crippen LogP contribution is -3.00.